The molecule has 4 aromatic rings. The molecule has 138 valence electrons. The highest BCUT2D eigenvalue weighted by Gasteiger charge is 2.17. The van der Waals surface area contributed by atoms with Crippen LogP contribution in [0.15, 0.2) is 79.1 Å². The van der Waals surface area contributed by atoms with Gasteiger partial charge >= 0.3 is 0 Å². The third kappa shape index (κ3) is 3.62. The van der Waals surface area contributed by atoms with Gasteiger partial charge in [0.05, 0.1) is 22.8 Å². The summed E-state index contributed by atoms with van der Waals surface area (Å²) >= 11 is 0. The summed E-state index contributed by atoms with van der Waals surface area (Å²) in [6, 6.07) is 21.6. The number of fused-ring (bicyclic) bond motifs is 1. The molecule has 1 N–H and O–H groups in total. The van der Waals surface area contributed by atoms with Gasteiger partial charge in [-0.1, -0.05) is 60.2 Å². The molecule has 0 spiro atoms. The van der Waals surface area contributed by atoms with E-state index in [1.54, 1.807) is 12.4 Å². The third-order valence-corrected chi connectivity index (χ3v) is 4.81. The Hall–Kier alpha value is -3.53. The fraction of sp³-hybridized carbons (Fsp3) is 0.125. The fourth-order valence-corrected chi connectivity index (χ4v) is 3.31. The molecule has 2 aromatic carbocycles. The van der Waals surface area contributed by atoms with Crippen LogP contribution >= 0.6 is 0 Å². The fourth-order valence-electron chi connectivity index (χ4n) is 3.31. The van der Waals surface area contributed by atoms with E-state index in [0.717, 1.165) is 27.7 Å². The van der Waals surface area contributed by atoms with E-state index in [9.17, 15) is 4.79 Å². The van der Waals surface area contributed by atoms with Crippen molar-refractivity contribution in [3.05, 3.63) is 95.8 Å². The lowest BCUT2D eigenvalue weighted by Gasteiger charge is -2.16. The lowest BCUT2D eigenvalue weighted by atomic mass is 10.0. The summed E-state index contributed by atoms with van der Waals surface area (Å²) < 4.78 is 0. The number of hydrogen-bond donors (Lipinski definition) is 1. The molecule has 1 unspecified atom stereocenters. The number of carbonyl (C=O) groups excluding carboxylic acids is 1. The molecule has 1 amide bonds. The van der Waals surface area contributed by atoms with Gasteiger partial charge in [0.15, 0.2) is 0 Å². The van der Waals surface area contributed by atoms with Gasteiger partial charge in [-0.3, -0.25) is 9.78 Å². The second-order valence-electron chi connectivity index (χ2n) is 6.92. The van der Waals surface area contributed by atoms with Gasteiger partial charge in [-0.25, -0.2) is 4.98 Å². The first-order valence-corrected chi connectivity index (χ1v) is 9.29. The number of benzene rings is 2. The number of amides is 1. The molecule has 0 aliphatic heterocycles. The molecule has 0 saturated carbocycles. The van der Waals surface area contributed by atoms with Crippen molar-refractivity contribution in [3.8, 4) is 11.3 Å². The smallest absolute Gasteiger partial charge is 0.252 e. The molecule has 0 radical (unpaired) electrons. The van der Waals surface area contributed by atoms with E-state index >= 15 is 0 Å². The molecular formula is C24H21N3O. The molecule has 4 nitrogen and oxygen atoms in total. The minimum atomic E-state index is -0.133. The molecule has 2 aromatic heterocycles. The largest absolute Gasteiger partial charge is 0.345 e. The minimum Gasteiger partial charge on any atom is -0.345 e. The van der Waals surface area contributed by atoms with E-state index < -0.39 is 0 Å². The van der Waals surface area contributed by atoms with E-state index in [2.05, 4.69) is 16.4 Å². The van der Waals surface area contributed by atoms with Crippen LogP contribution in [0.3, 0.4) is 0 Å². The van der Waals surface area contributed by atoms with Gasteiger partial charge in [0.2, 0.25) is 0 Å². The number of hydrogen-bond acceptors (Lipinski definition) is 3. The molecule has 2 heterocycles. The van der Waals surface area contributed by atoms with Crippen LogP contribution in [-0.4, -0.2) is 15.9 Å². The van der Waals surface area contributed by atoms with Crippen molar-refractivity contribution < 1.29 is 4.79 Å². The van der Waals surface area contributed by atoms with E-state index in [-0.39, 0.29) is 11.9 Å². The maximum Gasteiger partial charge on any atom is 0.252 e. The molecule has 0 fully saturated rings. The maximum absolute atomic E-state index is 13.1. The summed E-state index contributed by atoms with van der Waals surface area (Å²) in [7, 11) is 0. The van der Waals surface area contributed by atoms with Crippen molar-refractivity contribution in [2.45, 2.75) is 19.9 Å². The van der Waals surface area contributed by atoms with Crippen LogP contribution < -0.4 is 5.32 Å². The molecule has 0 saturated heterocycles. The number of nitrogens with one attached hydrogen (secondary N) is 1. The van der Waals surface area contributed by atoms with Crippen molar-refractivity contribution in [2.24, 2.45) is 0 Å². The normalized spacial score (nSPS) is 11.9. The van der Waals surface area contributed by atoms with Crippen molar-refractivity contribution >= 4 is 16.8 Å². The van der Waals surface area contributed by atoms with Crippen molar-refractivity contribution in [2.75, 3.05) is 0 Å². The molecule has 4 rings (SSSR count). The van der Waals surface area contributed by atoms with Crippen LogP contribution in [0.1, 0.15) is 34.5 Å². The van der Waals surface area contributed by atoms with Gasteiger partial charge in [-0.2, -0.15) is 0 Å². The summed E-state index contributed by atoms with van der Waals surface area (Å²) in [6.07, 6.45) is 3.39. The SMILES string of the molecule is Cc1cccc(C(C)NC(=O)c2cc(-c3ccccc3)nc3ccncc23)c1. The van der Waals surface area contributed by atoms with Crippen molar-refractivity contribution in [1.29, 1.82) is 0 Å². The number of nitrogens with zero attached hydrogens (tertiary/aromatic N) is 2. The Balaban J connectivity index is 1.73. The Morgan fingerprint density at radius 2 is 1.82 bits per heavy atom. The van der Waals surface area contributed by atoms with Crippen molar-refractivity contribution in [3.63, 3.8) is 0 Å². The van der Waals surface area contributed by atoms with Gasteiger partial charge in [0.25, 0.3) is 5.91 Å². The predicted octanol–water partition coefficient (Wildman–Crippen LogP) is 5.10. The minimum absolute atomic E-state index is 0.104. The topological polar surface area (TPSA) is 54.9 Å². The van der Waals surface area contributed by atoms with Crippen LogP contribution in [0.25, 0.3) is 22.2 Å². The average Bonchev–Trinajstić information content (AvgIpc) is 2.73. The molecule has 0 bridgehead atoms. The van der Waals surface area contributed by atoms with Crippen LogP contribution in [0.5, 0.6) is 0 Å². The molecular weight excluding hydrogens is 346 g/mol. The second-order valence-corrected chi connectivity index (χ2v) is 6.92. The number of carbonyl (C=O) groups is 1. The van der Waals surface area contributed by atoms with E-state index in [1.165, 1.54) is 5.56 Å². The van der Waals surface area contributed by atoms with Crippen LogP contribution in [0.2, 0.25) is 0 Å². The lowest BCUT2D eigenvalue weighted by Crippen LogP contribution is -2.27. The van der Waals surface area contributed by atoms with E-state index in [0.29, 0.717) is 5.56 Å². The standard InChI is InChI=1S/C24H21N3O/c1-16-7-6-10-19(13-16)17(2)26-24(28)20-14-23(18-8-4-3-5-9-18)27-22-11-12-25-15-21(20)22/h3-15,17H,1-2H3,(H,26,28). The Kier molecular flexibility index (Phi) is 4.85. The van der Waals surface area contributed by atoms with Gasteiger partial charge in [-0.15, -0.1) is 0 Å². The zero-order valence-electron chi connectivity index (χ0n) is 15.9. The van der Waals surface area contributed by atoms with Gasteiger partial charge in [0, 0.05) is 23.3 Å². The van der Waals surface area contributed by atoms with Gasteiger partial charge in [-0.05, 0) is 31.5 Å². The molecule has 0 aliphatic carbocycles. The zero-order valence-corrected chi connectivity index (χ0v) is 15.9. The Labute approximate surface area is 164 Å². The summed E-state index contributed by atoms with van der Waals surface area (Å²) in [4.78, 5) is 22.0. The first-order chi connectivity index (χ1) is 13.6. The third-order valence-electron chi connectivity index (χ3n) is 4.81. The summed E-state index contributed by atoms with van der Waals surface area (Å²) in [6.45, 7) is 4.04. The van der Waals surface area contributed by atoms with Gasteiger partial charge < -0.3 is 5.32 Å². The predicted molar refractivity (Wildman–Crippen MR) is 112 cm³/mol. The summed E-state index contributed by atoms with van der Waals surface area (Å²) in [5.41, 5.74) is 5.33. The molecule has 28 heavy (non-hydrogen) atoms. The quantitative estimate of drug-likeness (QED) is 0.546. The Morgan fingerprint density at radius 3 is 2.61 bits per heavy atom. The number of rotatable bonds is 4. The van der Waals surface area contributed by atoms with Crippen LogP contribution in [-0.2, 0) is 0 Å². The number of aryl methyl sites for hydroxylation is 1. The second kappa shape index (κ2) is 7.61. The Morgan fingerprint density at radius 1 is 1.00 bits per heavy atom. The summed E-state index contributed by atoms with van der Waals surface area (Å²) in [5.74, 6) is -0.133. The van der Waals surface area contributed by atoms with E-state index in [1.807, 2.05) is 74.5 Å². The first-order valence-electron chi connectivity index (χ1n) is 9.29. The maximum atomic E-state index is 13.1. The van der Waals surface area contributed by atoms with Crippen LogP contribution in [0.4, 0.5) is 0 Å². The van der Waals surface area contributed by atoms with Crippen LogP contribution in [0, 0.1) is 6.92 Å². The Bertz CT molecular complexity index is 1140. The average molecular weight is 367 g/mol. The monoisotopic (exact) mass is 367 g/mol. The highest BCUT2D eigenvalue weighted by atomic mass is 16.1. The highest BCUT2D eigenvalue weighted by Crippen LogP contribution is 2.25. The lowest BCUT2D eigenvalue weighted by molar-refractivity contribution is 0.0941. The van der Waals surface area contributed by atoms with E-state index in [4.69, 9.17) is 4.98 Å². The zero-order chi connectivity index (χ0) is 19.5. The number of aromatic nitrogens is 2. The first kappa shape index (κ1) is 17.9. The number of pyridine rings is 2. The molecule has 0 aliphatic rings. The molecule has 1 atom stereocenters. The molecule has 4 heteroatoms. The highest BCUT2D eigenvalue weighted by molar-refractivity contribution is 6.07. The van der Waals surface area contributed by atoms with Gasteiger partial charge in [0.1, 0.15) is 0 Å². The van der Waals surface area contributed by atoms with Crippen molar-refractivity contribution in [1.82, 2.24) is 15.3 Å². The summed E-state index contributed by atoms with van der Waals surface area (Å²) in [5, 5.41) is 3.86.